The van der Waals surface area contributed by atoms with Crippen LogP contribution < -0.4 is 11.1 Å². The minimum Gasteiger partial charge on any atom is -0.399 e. The van der Waals surface area contributed by atoms with Crippen LogP contribution in [-0.4, -0.2) is 25.7 Å². The second kappa shape index (κ2) is 9.01. The molecule has 0 aromatic heterocycles. The van der Waals surface area contributed by atoms with Crippen molar-refractivity contribution in [3.63, 3.8) is 0 Å². The van der Waals surface area contributed by atoms with Crippen LogP contribution in [0, 0.1) is 5.41 Å². The molecule has 1 aliphatic carbocycles. The minimum absolute atomic E-state index is 0. The molecule has 124 valence electrons. The van der Waals surface area contributed by atoms with Gasteiger partial charge in [0.2, 0.25) is 0 Å². The summed E-state index contributed by atoms with van der Waals surface area (Å²) in [6, 6.07) is 7.12. The van der Waals surface area contributed by atoms with Crippen LogP contribution in [0.1, 0.15) is 49.4 Å². The second-order valence-corrected chi connectivity index (χ2v) is 5.96. The van der Waals surface area contributed by atoms with E-state index < -0.39 is 0 Å². The number of carbonyl (C=O) groups excluding carboxylic acids is 1. The van der Waals surface area contributed by atoms with Crippen molar-refractivity contribution in [2.45, 2.75) is 39.0 Å². The van der Waals surface area contributed by atoms with Gasteiger partial charge >= 0.3 is 0 Å². The molecule has 4 nitrogen and oxygen atoms in total. The van der Waals surface area contributed by atoms with Crippen molar-refractivity contribution >= 4 is 24.0 Å². The Balaban J connectivity index is 0.00000242. The van der Waals surface area contributed by atoms with E-state index in [1.165, 1.54) is 25.7 Å². The van der Waals surface area contributed by atoms with Crippen LogP contribution in [0.2, 0.25) is 0 Å². The largest absolute Gasteiger partial charge is 0.399 e. The highest BCUT2D eigenvalue weighted by Gasteiger charge is 2.33. The zero-order valence-corrected chi connectivity index (χ0v) is 14.1. The molecular weight excluding hydrogens is 300 g/mol. The van der Waals surface area contributed by atoms with Gasteiger partial charge in [0.05, 0.1) is 0 Å². The first kappa shape index (κ1) is 18.8. The molecule has 1 aromatic rings. The Bertz CT molecular complexity index is 473. The van der Waals surface area contributed by atoms with Gasteiger partial charge in [-0.3, -0.25) is 4.79 Å². The monoisotopic (exact) mass is 326 g/mol. The highest BCUT2D eigenvalue weighted by atomic mass is 35.5. The fraction of sp³-hybridized carbons (Fsp3) is 0.588. The summed E-state index contributed by atoms with van der Waals surface area (Å²) < 4.78 is 5.50. The fourth-order valence-corrected chi connectivity index (χ4v) is 3.12. The van der Waals surface area contributed by atoms with Crippen molar-refractivity contribution in [2.24, 2.45) is 5.41 Å². The van der Waals surface area contributed by atoms with Gasteiger partial charge in [-0.25, -0.2) is 0 Å². The number of amides is 1. The Kier molecular flexibility index (Phi) is 7.69. The van der Waals surface area contributed by atoms with Crippen molar-refractivity contribution < 1.29 is 9.53 Å². The first-order valence-electron chi connectivity index (χ1n) is 7.87. The Morgan fingerprint density at radius 2 is 2.09 bits per heavy atom. The Hall–Kier alpha value is -1.26. The number of rotatable bonds is 7. The topological polar surface area (TPSA) is 64.3 Å². The molecule has 3 N–H and O–H groups in total. The van der Waals surface area contributed by atoms with Crippen molar-refractivity contribution in [3.8, 4) is 0 Å². The summed E-state index contributed by atoms with van der Waals surface area (Å²) in [6.07, 6.45) is 5.88. The first-order chi connectivity index (χ1) is 10.2. The minimum atomic E-state index is -0.0371. The van der Waals surface area contributed by atoms with E-state index >= 15 is 0 Å². The number of nitrogen functional groups attached to an aromatic ring is 1. The van der Waals surface area contributed by atoms with Gasteiger partial charge in [-0.15, -0.1) is 12.4 Å². The van der Waals surface area contributed by atoms with Crippen molar-refractivity contribution in [1.82, 2.24) is 5.32 Å². The first-order valence-corrected chi connectivity index (χ1v) is 7.87. The maximum Gasteiger partial charge on any atom is 0.251 e. The summed E-state index contributed by atoms with van der Waals surface area (Å²) in [7, 11) is 0. The average Bonchev–Trinajstić information content (AvgIpc) is 2.94. The number of nitrogens with one attached hydrogen (secondary N) is 1. The SMILES string of the molecule is CCOCCC1(CNC(=O)c2cccc(N)c2)CCCC1.Cl. The third kappa shape index (κ3) is 5.18. The number of hydrogen-bond acceptors (Lipinski definition) is 3. The van der Waals surface area contributed by atoms with Gasteiger partial charge in [0.15, 0.2) is 0 Å². The van der Waals surface area contributed by atoms with Crippen molar-refractivity contribution in [1.29, 1.82) is 0 Å². The molecular formula is C17H27ClN2O2. The summed E-state index contributed by atoms with van der Waals surface area (Å²) in [4.78, 5) is 12.2. The average molecular weight is 327 g/mol. The number of carbonyl (C=O) groups is 1. The smallest absolute Gasteiger partial charge is 0.251 e. The number of ether oxygens (including phenoxy) is 1. The molecule has 0 unspecified atom stereocenters. The fourth-order valence-electron chi connectivity index (χ4n) is 3.12. The van der Waals surface area contributed by atoms with Crippen molar-refractivity contribution in [2.75, 3.05) is 25.5 Å². The van der Waals surface area contributed by atoms with Gasteiger partial charge in [-0.2, -0.15) is 0 Å². The molecule has 1 fully saturated rings. The van der Waals surface area contributed by atoms with E-state index in [4.69, 9.17) is 10.5 Å². The number of halogens is 1. The molecule has 2 rings (SSSR count). The van der Waals surface area contributed by atoms with Gasteiger partial charge in [0.25, 0.3) is 5.91 Å². The summed E-state index contributed by atoms with van der Waals surface area (Å²) in [5.41, 5.74) is 7.19. The molecule has 0 radical (unpaired) electrons. The number of hydrogen-bond donors (Lipinski definition) is 2. The van der Waals surface area contributed by atoms with E-state index in [9.17, 15) is 4.79 Å². The lowest BCUT2D eigenvalue weighted by atomic mass is 9.83. The summed E-state index contributed by atoms with van der Waals surface area (Å²) >= 11 is 0. The van der Waals surface area contributed by atoms with Gasteiger partial charge in [0.1, 0.15) is 0 Å². The zero-order chi connectivity index (χ0) is 15.1. The van der Waals surface area contributed by atoms with Crippen LogP contribution in [0.3, 0.4) is 0 Å². The van der Waals surface area contributed by atoms with Crippen LogP contribution in [0.25, 0.3) is 0 Å². The van der Waals surface area contributed by atoms with E-state index in [1.54, 1.807) is 18.2 Å². The molecule has 1 aliphatic rings. The standard InChI is InChI=1S/C17H26N2O2.ClH/c1-2-21-11-10-17(8-3-4-9-17)13-19-16(20)14-6-5-7-15(18)12-14;/h5-7,12H,2-4,8-11,13,18H2,1H3,(H,19,20);1H. The van der Waals surface area contributed by atoms with Gasteiger partial charge in [0, 0.05) is 31.0 Å². The van der Waals surface area contributed by atoms with E-state index in [0.29, 0.717) is 11.3 Å². The molecule has 5 heteroatoms. The molecule has 1 amide bonds. The van der Waals surface area contributed by atoms with E-state index in [-0.39, 0.29) is 23.7 Å². The van der Waals surface area contributed by atoms with E-state index in [2.05, 4.69) is 5.32 Å². The predicted molar refractivity (Wildman–Crippen MR) is 92.4 cm³/mol. The highest BCUT2D eigenvalue weighted by molar-refractivity contribution is 5.95. The lowest BCUT2D eigenvalue weighted by molar-refractivity contribution is 0.0863. The molecule has 0 atom stereocenters. The third-order valence-corrected chi connectivity index (χ3v) is 4.42. The molecule has 1 saturated carbocycles. The Labute approximate surface area is 139 Å². The lowest BCUT2D eigenvalue weighted by Crippen LogP contribution is -2.36. The van der Waals surface area contributed by atoms with Crippen LogP contribution >= 0.6 is 12.4 Å². The quantitative estimate of drug-likeness (QED) is 0.596. The maximum absolute atomic E-state index is 12.2. The molecule has 0 bridgehead atoms. The maximum atomic E-state index is 12.2. The zero-order valence-electron chi connectivity index (χ0n) is 13.3. The molecule has 0 heterocycles. The molecule has 22 heavy (non-hydrogen) atoms. The highest BCUT2D eigenvalue weighted by Crippen LogP contribution is 2.40. The summed E-state index contributed by atoms with van der Waals surface area (Å²) in [5.74, 6) is -0.0371. The van der Waals surface area contributed by atoms with Crippen LogP contribution in [0.5, 0.6) is 0 Å². The van der Waals surface area contributed by atoms with Crippen LogP contribution in [0.4, 0.5) is 5.69 Å². The Morgan fingerprint density at radius 3 is 2.73 bits per heavy atom. The number of anilines is 1. The Morgan fingerprint density at radius 1 is 1.36 bits per heavy atom. The van der Waals surface area contributed by atoms with Crippen LogP contribution in [0.15, 0.2) is 24.3 Å². The summed E-state index contributed by atoms with van der Waals surface area (Å²) in [6.45, 7) is 4.28. The predicted octanol–water partition coefficient (Wildman–Crippen LogP) is 3.41. The van der Waals surface area contributed by atoms with Gasteiger partial charge < -0.3 is 15.8 Å². The lowest BCUT2D eigenvalue weighted by Gasteiger charge is -2.29. The van der Waals surface area contributed by atoms with E-state index in [0.717, 1.165) is 26.2 Å². The molecule has 0 spiro atoms. The number of nitrogens with two attached hydrogens (primary N) is 1. The van der Waals surface area contributed by atoms with E-state index in [1.807, 2.05) is 13.0 Å². The molecule has 0 aliphatic heterocycles. The summed E-state index contributed by atoms with van der Waals surface area (Å²) in [5, 5.41) is 3.09. The third-order valence-electron chi connectivity index (χ3n) is 4.42. The van der Waals surface area contributed by atoms with Gasteiger partial charge in [-0.05, 0) is 49.8 Å². The number of benzene rings is 1. The normalized spacial score (nSPS) is 16.0. The van der Waals surface area contributed by atoms with Gasteiger partial charge in [-0.1, -0.05) is 18.9 Å². The molecule has 0 saturated heterocycles. The molecule has 1 aromatic carbocycles. The van der Waals surface area contributed by atoms with Crippen LogP contribution in [-0.2, 0) is 4.74 Å². The second-order valence-electron chi connectivity index (χ2n) is 5.96. The van der Waals surface area contributed by atoms with Crippen molar-refractivity contribution in [3.05, 3.63) is 29.8 Å².